The van der Waals surface area contributed by atoms with Gasteiger partial charge >= 0.3 is 0 Å². The number of nitrogens with one attached hydrogen (secondary N) is 3. The van der Waals surface area contributed by atoms with E-state index in [0.29, 0.717) is 16.5 Å². The van der Waals surface area contributed by atoms with Crippen LogP contribution in [0.3, 0.4) is 0 Å². The Kier molecular flexibility index (Phi) is 7.19. The summed E-state index contributed by atoms with van der Waals surface area (Å²) in [6.45, 7) is 1.53. The Morgan fingerprint density at radius 2 is 2.00 bits per heavy atom. The van der Waals surface area contributed by atoms with Crippen molar-refractivity contribution in [1.82, 2.24) is 16.2 Å². The molecule has 0 atom stereocenters. The third-order valence-corrected chi connectivity index (χ3v) is 3.42. The Morgan fingerprint density at radius 3 is 2.69 bits per heavy atom. The third-order valence-electron chi connectivity index (χ3n) is 2.91. The molecule has 2 amide bonds. The van der Waals surface area contributed by atoms with E-state index in [0.717, 1.165) is 5.76 Å². The lowest BCUT2D eigenvalue weighted by molar-refractivity contribution is -0.123. The van der Waals surface area contributed by atoms with Crippen molar-refractivity contribution in [3.63, 3.8) is 0 Å². The van der Waals surface area contributed by atoms with Crippen molar-refractivity contribution in [2.75, 3.05) is 6.61 Å². The SMILES string of the molecule is Cc1ccc(/C=C/C(=O)NC(=S)NNC(=O)COc2ccccc2Cl)o1. The van der Waals surface area contributed by atoms with E-state index in [1.807, 2.05) is 0 Å². The number of para-hydroxylation sites is 1. The molecule has 2 rings (SSSR count). The summed E-state index contributed by atoms with van der Waals surface area (Å²) in [5.74, 6) is 0.699. The molecular formula is C17H16ClN3O4S. The van der Waals surface area contributed by atoms with E-state index < -0.39 is 11.8 Å². The molecule has 0 radical (unpaired) electrons. The van der Waals surface area contributed by atoms with Crippen LogP contribution in [0.5, 0.6) is 5.75 Å². The van der Waals surface area contributed by atoms with Crippen LogP contribution in [-0.2, 0) is 9.59 Å². The molecule has 3 N–H and O–H groups in total. The number of carbonyl (C=O) groups excluding carboxylic acids is 2. The van der Waals surface area contributed by atoms with Gasteiger partial charge in [0.05, 0.1) is 5.02 Å². The highest BCUT2D eigenvalue weighted by Crippen LogP contribution is 2.22. The van der Waals surface area contributed by atoms with Gasteiger partial charge in [-0.05, 0) is 49.5 Å². The van der Waals surface area contributed by atoms with Gasteiger partial charge in [0.1, 0.15) is 17.3 Å². The molecule has 1 aromatic heterocycles. The molecule has 9 heteroatoms. The van der Waals surface area contributed by atoms with E-state index >= 15 is 0 Å². The van der Waals surface area contributed by atoms with Crippen LogP contribution in [0.25, 0.3) is 6.08 Å². The minimum absolute atomic E-state index is 0.0682. The van der Waals surface area contributed by atoms with Gasteiger partial charge in [-0.3, -0.25) is 25.8 Å². The van der Waals surface area contributed by atoms with Crippen LogP contribution in [0.2, 0.25) is 5.02 Å². The number of furan rings is 1. The second-order valence-corrected chi connectivity index (χ2v) is 5.81. The summed E-state index contributed by atoms with van der Waals surface area (Å²) in [5.41, 5.74) is 4.70. The maximum Gasteiger partial charge on any atom is 0.276 e. The summed E-state index contributed by atoms with van der Waals surface area (Å²) in [6.07, 6.45) is 2.76. The monoisotopic (exact) mass is 393 g/mol. The minimum Gasteiger partial charge on any atom is -0.482 e. The second kappa shape index (κ2) is 9.59. The van der Waals surface area contributed by atoms with Gasteiger partial charge in [0, 0.05) is 6.08 Å². The van der Waals surface area contributed by atoms with Gasteiger partial charge in [-0.15, -0.1) is 0 Å². The molecule has 26 heavy (non-hydrogen) atoms. The molecule has 0 spiro atoms. The lowest BCUT2D eigenvalue weighted by atomic mass is 10.3. The summed E-state index contributed by atoms with van der Waals surface area (Å²) in [4.78, 5) is 23.4. The first-order chi connectivity index (χ1) is 12.4. The average Bonchev–Trinajstić information content (AvgIpc) is 3.03. The molecule has 2 aromatic rings. The van der Waals surface area contributed by atoms with Gasteiger partial charge in [0.2, 0.25) is 5.91 Å². The molecule has 0 saturated heterocycles. The van der Waals surface area contributed by atoms with Gasteiger partial charge < -0.3 is 9.15 Å². The quantitative estimate of drug-likeness (QED) is 0.410. The van der Waals surface area contributed by atoms with E-state index in [1.54, 1.807) is 43.3 Å². The van der Waals surface area contributed by atoms with Gasteiger partial charge in [0.15, 0.2) is 11.7 Å². The summed E-state index contributed by atoms with van der Waals surface area (Å²) in [7, 11) is 0. The molecule has 7 nitrogen and oxygen atoms in total. The Labute approximate surface area is 160 Å². The second-order valence-electron chi connectivity index (χ2n) is 4.99. The molecule has 0 aliphatic carbocycles. The fourth-order valence-corrected chi connectivity index (χ4v) is 2.10. The number of aryl methyl sites for hydroxylation is 1. The fraction of sp³-hybridized carbons (Fsp3) is 0.118. The molecule has 136 valence electrons. The lowest BCUT2D eigenvalue weighted by Gasteiger charge is -2.11. The van der Waals surface area contributed by atoms with Crippen molar-refractivity contribution in [2.24, 2.45) is 0 Å². The zero-order valence-electron chi connectivity index (χ0n) is 13.7. The molecular weight excluding hydrogens is 378 g/mol. The fourth-order valence-electron chi connectivity index (χ4n) is 1.75. The maximum atomic E-state index is 11.7. The van der Waals surface area contributed by atoms with Crippen molar-refractivity contribution in [1.29, 1.82) is 0 Å². The molecule has 0 bridgehead atoms. The van der Waals surface area contributed by atoms with Crippen molar-refractivity contribution >= 4 is 46.8 Å². The van der Waals surface area contributed by atoms with Crippen LogP contribution in [0.4, 0.5) is 0 Å². The number of thiocarbonyl (C=S) groups is 1. The number of carbonyl (C=O) groups is 2. The van der Waals surface area contributed by atoms with Crippen molar-refractivity contribution < 1.29 is 18.7 Å². The summed E-state index contributed by atoms with van der Waals surface area (Å²) >= 11 is 10.8. The average molecular weight is 394 g/mol. The van der Waals surface area contributed by atoms with Crippen LogP contribution < -0.4 is 20.9 Å². The summed E-state index contributed by atoms with van der Waals surface area (Å²) in [5, 5.41) is 2.70. The van der Waals surface area contributed by atoms with Crippen LogP contribution in [0, 0.1) is 6.92 Å². The largest absolute Gasteiger partial charge is 0.482 e. The molecule has 1 aromatic carbocycles. The summed E-state index contributed by atoms with van der Waals surface area (Å²) in [6, 6.07) is 10.3. The standard InChI is InChI=1S/C17H16ClN3O4S/c1-11-6-7-12(25-11)8-9-15(22)19-17(26)21-20-16(23)10-24-14-5-3-2-4-13(14)18/h2-9H,10H2,1H3,(H,20,23)(H2,19,21,22,26)/b9-8+. The smallest absolute Gasteiger partial charge is 0.276 e. The Balaban J connectivity index is 1.69. The number of rotatable bonds is 5. The molecule has 0 aliphatic rings. The number of hydrogen-bond donors (Lipinski definition) is 3. The first kappa shape index (κ1) is 19.5. The van der Waals surface area contributed by atoms with Gasteiger partial charge in [0.25, 0.3) is 5.91 Å². The van der Waals surface area contributed by atoms with Crippen molar-refractivity contribution in [3.05, 3.63) is 59.0 Å². The Bertz CT molecular complexity index is 835. The molecule has 1 heterocycles. The maximum absolute atomic E-state index is 11.7. The van der Waals surface area contributed by atoms with E-state index in [-0.39, 0.29) is 11.7 Å². The zero-order chi connectivity index (χ0) is 18.9. The summed E-state index contributed by atoms with van der Waals surface area (Å²) < 4.78 is 10.6. The van der Waals surface area contributed by atoms with Crippen molar-refractivity contribution in [2.45, 2.75) is 6.92 Å². The van der Waals surface area contributed by atoms with Gasteiger partial charge in [-0.25, -0.2) is 0 Å². The number of hydrazine groups is 1. The zero-order valence-corrected chi connectivity index (χ0v) is 15.3. The highest BCUT2D eigenvalue weighted by atomic mass is 35.5. The molecule has 0 unspecified atom stereocenters. The third kappa shape index (κ3) is 6.58. The minimum atomic E-state index is -0.497. The topological polar surface area (TPSA) is 92.6 Å². The number of amides is 2. The Morgan fingerprint density at radius 1 is 1.23 bits per heavy atom. The van der Waals surface area contributed by atoms with E-state index in [9.17, 15) is 9.59 Å². The number of halogens is 1. The van der Waals surface area contributed by atoms with E-state index in [2.05, 4.69) is 16.2 Å². The predicted octanol–water partition coefficient (Wildman–Crippen LogP) is 2.36. The molecule has 0 saturated carbocycles. The molecule has 0 fully saturated rings. The van der Waals surface area contributed by atoms with Gasteiger partial charge in [-0.2, -0.15) is 0 Å². The predicted molar refractivity (Wildman–Crippen MR) is 101 cm³/mol. The van der Waals surface area contributed by atoms with Crippen LogP contribution >= 0.6 is 23.8 Å². The van der Waals surface area contributed by atoms with Gasteiger partial charge in [-0.1, -0.05) is 23.7 Å². The molecule has 0 aliphatic heterocycles. The lowest BCUT2D eigenvalue weighted by Crippen LogP contribution is -2.49. The highest BCUT2D eigenvalue weighted by molar-refractivity contribution is 7.80. The van der Waals surface area contributed by atoms with E-state index in [4.69, 9.17) is 33.0 Å². The van der Waals surface area contributed by atoms with Crippen LogP contribution in [-0.4, -0.2) is 23.5 Å². The van der Waals surface area contributed by atoms with E-state index in [1.165, 1.54) is 12.2 Å². The van der Waals surface area contributed by atoms with Crippen LogP contribution in [0.1, 0.15) is 11.5 Å². The Hall–Kier alpha value is -2.84. The number of ether oxygens (including phenoxy) is 1. The number of hydrogen-bond acceptors (Lipinski definition) is 5. The van der Waals surface area contributed by atoms with Crippen LogP contribution in [0.15, 0.2) is 46.9 Å². The first-order valence-electron chi connectivity index (χ1n) is 7.45. The number of benzene rings is 1. The normalized spacial score (nSPS) is 10.4. The highest BCUT2D eigenvalue weighted by Gasteiger charge is 2.07. The van der Waals surface area contributed by atoms with Crippen molar-refractivity contribution in [3.8, 4) is 5.75 Å². The first-order valence-corrected chi connectivity index (χ1v) is 8.24.